The Morgan fingerprint density at radius 2 is 1.63 bits per heavy atom. The summed E-state index contributed by atoms with van der Waals surface area (Å²) in [5.41, 5.74) is 2.88. The second-order valence-corrected chi connectivity index (χ2v) is 19.4. The molecule has 3 aliphatic rings. The summed E-state index contributed by atoms with van der Waals surface area (Å²) in [7, 11) is 0. The molecule has 12 nitrogen and oxygen atoms in total. The standard InChI is InChI=1S/C57H62FN3O9/c1-5-32-67-57-52(60(37-39-16-22-43(58)23-17-39)53(64)29-20-38-18-24-44(25-19-38)61(65)66)36-50(59-70-56(2,3)4)48-34-42(14-8-10-30-62)47(15-9-11-31-63)54(55(48)57)49-35-46(27-28-51(49)69-57)68-45-26-21-40-12-6-7-13-41(40)33-45/h5-7,12-13,16-29,33-35,42,47,52,54-55,62-63H,1,8-11,14-15,30-32,36-37H2,2-4H3/t42-,47+,52-,54+,55+,57+/m0/s1. The average molecular weight is 952 g/mol. The predicted molar refractivity (Wildman–Crippen MR) is 269 cm³/mol. The number of allylic oxidation sites excluding steroid dienone is 1. The van der Waals surface area contributed by atoms with Crippen LogP contribution >= 0.6 is 0 Å². The van der Waals surface area contributed by atoms with Crippen molar-refractivity contribution >= 4 is 34.2 Å². The molecule has 366 valence electrons. The SMILES string of the molecule is C=CCO[C@@]12Oc3ccc(Oc4ccc5ccccc5c4)cc3[C@H]3[C@H](CCCCO)[C@@H](CCCCO)C=C(C(=NOC(C)(C)C)C[C@@H]1N(Cc1ccc(F)cc1)C(=O)C=Cc1ccc([N+](=O)[O-])cc1)[C@H]32. The number of aliphatic hydroxyl groups is 2. The van der Waals surface area contributed by atoms with Crippen molar-refractivity contribution in [3.8, 4) is 17.2 Å². The Kier molecular flexibility index (Phi) is 15.6. The van der Waals surface area contributed by atoms with Crippen molar-refractivity contribution < 1.29 is 43.4 Å². The van der Waals surface area contributed by atoms with Gasteiger partial charge in [-0.25, -0.2) is 4.39 Å². The third-order valence-electron chi connectivity index (χ3n) is 13.5. The highest BCUT2D eigenvalue weighted by Crippen LogP contribution is 2.62. The summed E-state index contributed by atoms with van der Waals surface area (Å²) in [6.07, 6.45) is 11.4. The minimum Gasteiger partial charge on any atom is -0.459 e. The molecule has 13 heteroatoms. The smallest absolute Gasteiger partial charge is 0.269 e. The number of nitro groups is 1. The molecular formula is C57H62FN3O9. The Morgan fingerprint density at radius 3 is 2.33 bits per heavy atom. The Bertz CT molecular complexity index is 2750. The molecule has 0 radical (unpaired) electrons. The number of non-ortho nitro benzene ring substituents is 1. The molecule has 1 saturated carbocycles. The Labute approximate surface area is 408 Å². The van der Waals surface area contributed by atoms with Crippen molar-refractivity contribution in [2.75, 3.05) is 19.8 Å². The maximum atomic E-state index is 15.2. The van der Waals surface area contributed by atoms with E-state index >= 15 is 4.79 Å². The number of carbonyl (C=O) groups is 1. The van der Waals surface area contributed by atoms with Crippen LogP contribution in [0.3, 0.4) is 0 Å². The molecule has 70 heavy (non-hydrogen) atoms. The van der Waals surface area contributed by atoms with Gasteiger partial charge in [0.25, 0.3) is 5.69 Å². The van der Waals surface area contributed by atoms with E-state index in [1.54, 1.807) is 41.3 Å². The molecule has 0 aromatic heterocycles. The Morgan fingerprint density at radius 1 is 0.929 bits per heavy atom. The first-order valence-corrected chi connectivity index (χ1v) is 24.2. The number of ether oxygens (including phenoxy) is 3. The van der Waals surface area contributed by atoms with Crippen LogP contribution in [0.5, 0.6) is 17.2 Å². The van der Waals surface area contributed by atoms with Gasteiger partial charge < -0.3 is 34.2 Å². The summed E-state index contributed by atoms with van der Waals surface area (Å²) in [5, 5.41) is 38.6. The number of oxime groups is 1. The fraction of sp³-hybridized carbons (Fsp3) is 0.368. The first kappa shape index (κ1) is 49.7. The highest BCUT2D eigenvalue weighted by molar-refractivity contribution is 6.03. The van der Waals surface area contributed by atoms with E-state index in [4.69, 9.17) is 24.2 Å². The monoisotopic (exact) mass is 951 g/mol. The number of aliphatic hydroxyl groups excluding tert-OH is 2. The number of rotatable bonds is 20. The highest BCUT2D eigenvalue weighted by Gasteiger charge is 2.65. The van der Waals surface area contributed by atoms with E-state index < -0.39 is 40.0 Å². The average Bonchev–Trinajstić information content (AvgIpc) is 3.35. The molecule has 6 atom stereocenters. The third-order valence-corrected chi connectivity index (χ3v) is 13.5. The lowest BCUT2D eigenvalue weighted by molar-refractivity contribution is -0.384. The van der Waals surface area contributed by atoms with Gasteiger partial charge in [-0.15, -0.1) is 6.58 Å². The van der Waals surface area contributed by atoms with Gasteiger partial charge >= 0.3 is 0 Å². The van der Waals surface area contributed by atoms with Crippen LogP contribution in [0.4, 0.5) is 10.1 Å². The van der Waals surface area contributed by atoms with E-state index in [1.807, 2.05) is 69.3 Å². The molecule has 0 unspecified atom stereocenters. The number of nitrogens with zero attached hydrogens (tertiary/aromatic N) is 3. The molecule has 2 N–H and O–H groups in total. The summed E-state index contributed by atoms with van der Waals surface area (Å²) < 4.78 is 35.8. The van der Waals surface area contributed by atoms with Gasteiger partial charge in [0.05, 0.1) is 23.2 Å². The Balaban J connectivity index is 1.34. The number of fused-ring (bicyclic) bond motifs is 3. The van der Waals surface area contributed by atoms with Gasteiger partial charge in [-0.05, 0) is 146 Å². The van der Waals surface area contributed by atoms with Gasteiger partial charge in [-0.2, -0.15) is 0 Å². The maximum Gasteiger partial charge on any atom is 0.269 e. The molecule has 0 spiro atoms. The minimum absolute atomic E-state index is 0.00702. The summed E-state index contributed by atoms with van der Waals surface area (Å²) in [4.78, 5) is 34.1. The molecule has 0 bridgehead atoms. The summed E-state index contributed by atoms with van der Waals surface area (Å²) >= 11 is 0. The zero-order valence-corrected chi connectivity index (χ0v) is 40.0. The van der Waals surface area contributed by atoms with Crippen molar-refractivity contribution in [1.82, 2.24) is 4.90 Å². The lowest BCUT2D eigenvalue weighted by Crippen LogP contribution is -2.70. The first-order chi connectivity index (χ1) is 33.8. The largest absolute Gasteiger partial charge is 0.459 e. The molecule has 8 rings (SSSR count). The van der Waals surface area contributed by atoms with Crippen molar-refractivity contribution in [3.63, 3.8) is 0 Å². The predicted octanol–water partition coefficient (Wildman–Crippen LogP) is 11.9. The van der Waals surface area contributed by atoms with E-state index in [9.17, 15) is 24.7 Å². The number of unbranched alkanes of at least 4 members (excludes halogenated alkanes) is 2. The van der Waals surface area contributed by atoms with Crippen LogP contribution in [0.2, 0.25) is 0 Å². The molecule has 1 amide bonds. The normalized spacial score (nSPS) is 22.2. The maximum absolute atomic E-state index is 15.2. The van der Waals surface area contributed by atoms with Crippen LogP contribution in [0.25, 0.3) is 16.8 Å². The number of halogens is 1. The molecule has 1 heterocycles. The molecule has 5 aromatic carbocycles. The number of carbonyl (C=O) groups excluding carboxylic acids is 1. The van der Waals surface area contributed by atoms with Gasteiger partial charge in [0.2, 0.25) is 11.7 Å². The number of hydrogen-bond donors (Lipinski definition) is 2. The Hall–Kier alpha value is -6.67. The van der Waals surface area contributed by atoms with Gasteiger partial charge in [-0.1, -0.05) is 72.6 Å². The van der Waals surface area contributed by atoms with Crippen molar-refractivity contribution in [2.45, 2.75) is 95.6 Å². The van der Waals surface area contributed by atoms with E-state index in [0.29, 0.717) is 46.9 Å². The van der Waals surface area contributed by atoms with Crippen molar-refractivity contribution in [1.29, 1.82) is 0 Å². The van der Waals surface area contributed by atoms with Gasteiger partial charge in [-0.3, -0.25) is 14.9 Å². The fourth-order valence-electron chi connectivity index (χ4n) is 10.4. The summed E-state index contributed by atoms with van der Waals surface area (Å²) in [6.45, 7) is 10.0. The molecule has 5 aromatic rings. The van der Waals surface area contributed by atoms with Crippen LogP contribution in [0, 0.1) is 33.7 Å². The van der Waals surface area contributed by atoms with E-state index in [2.05, 4.69) is 24.8 Å². The topological polar surface area (TPSA) is 153 Å². The van der Waals surface area contributed by atoms with Crippen LogP contribution < -0.4 is 9.47 Å². The lowest BCUT2D eigenvalue weighted by atomic mass is 9.55. The van der Waals surface area contributed by atoms with E-state index in [-0.39, 0.29) is 56.2 Å². The summed E-state index contributed by atoms with van der Waals surface area (Å²) in [6, 6.07) is 31.0. The molecule has 0 saturated heterocycles. The van der Waals surface area contributed by atoms with Gasteiger partial charge in [0, 0.05) is 55.9 Å². The second kappa shape index (κ2) is 22.0. The van der Waals surface area contributed by atoms with Gasteiger partial charge in [0.1, 0.15) is 34.7 Å². The molecule has 1 fully saturated rings. The third kappa shape index (κ3) is 11.2. The van der Waals surface area contributed by atoms with Crippen LogP contribution in [0.1, 0.15) is 88.3 Å². The zero-order valence-electron chi connectivity index (χ0n) is 40.0. The van der Waals surface area contributed by atoms with Crippen molar-refractivity contribution in [2.24, 2.45) is 22.9 Å². The lowest BCUT2D eigenvalue weighted by Gasteiger charge is -2.60. The van der Waals surface area contributed by atoms with Crippen LogP contribution in [-0.2, 0) is 20.9 Å². The van der Waals surface area contributed by atoms with E-state index in [0.717, 1.165) is 47.6 Å². The molecule has 1 aliphatic heterocycles. The summed E-state index contributed by atoms with van der Waals surface area (Å²) in [5.74, 6) is -1.49. The van der Waals surface area contributed by atoms with Crippen LogP contribution in [0.15, 0.2) is 145 Å². The molecule has 2 aliphatic carbocycles. The first-order valence-electron chi connectivity index (χ1n) is 24.2. The van der Waals surface area contributed by atoms with Crippen molar-refractivity contribution in [3.05, 3.63) is 172 Å². The number of nitro benzene ring substituents is 1. The fourth-order valence-corrected chi connectivity index (χ4v) is 10.4. The van der Waals surface area contributed by atoms with Gasteiger partial charge in [0.15, 0.2) is 0 Å². The number of hydrogen-bond acceptors (Lipinski definition) is 10. The van der Waals surface area contributed by atoms with E-state index in [1.165, 1.54) is 30.3 Å². The molecular weight excluding hydrogens is 890 g/mol. The highest BCUT2D eigenvalue weighted by atomic mass is 19.1. The minimum atomic E-state index is -1.57. The quantitative estimate of drug-likeness (QED) is 0.0255. The van der Waals surface area contributed by atoms with Crippen LogP contribution in [-0.4, -0.2) is 68.9 Å². The second-order valence-electron chi connectivity index (χ2n) is 19.4. The zero-order chi connectivity index (χ0) is 49.4. The number of amides is 1. The number of benzene rings is 5.